The van der Waals surface area contributed by atoms with Crippen molar-refractivity contribution in [1.29, 1.82) is 0 Å². The largest absolute Gasteiger partial charge is 0.403 e. The summed E-state index contributed by atoms with van der Waals surface area (Å²) in [7, 11) is 0. The predicted octanol–water partition coefficient (Wildman–Crippen LogP) is 1.35. The van der Waals surface area contributed by atoms with Gasteiger partial charge in [0, 0.05) is 38.0 Å². The number of piperazine rings is 1. The zero-order valence-corrected chi connectivity index (χ0v) is 13.1. The molecule has 1 aromatic heterocycles. The van der Waals surface area contributed by atoms with E-state index in [2.05, 4.69) is 4.98 Å². The van der Waals surface area contributed by atoms with Crippen molar-refractivity contribution < 1.29 is 18.0 Å². The van der Waals surface area contributed by atoms with E-state index in [1.807, 2.05) is 0 Å². The fourth-order valence-electron chi connectivity index (χ4n) is 2.33. The fraction of sp³-hybridized carbons (Fsp3) is 0.692. The molecule has 0 spiro atoms. The van der Waals surface area contributed by atoms with Crippen molar-refractivity contribution >= 4 is 17.2 Å². The quantitative estimate of drug-likeness (QED) is 0.902. The molecule has 0 radical (unpaired) electrons. The van der Waals surface area contributed by atoms with E-state index in [1.165, 1.54) is 16.2 Å². The van der Waals surface area contributed by atoms with Gasteiger partial charge < -0.3 is 10.6 Å². The van der Waals surface area contributed by atoms with Crippen molar-refractivity contribution in [3.8, 4) is 0 Å². The van der Waals surface area contributed by atoms with Gasteiger partial charge in [0.25, 0.3) is 5.91 Å². The lowest BCUT2D eigenvalue weighted by Crippen LogP contribution is -2.54. The molecule has 1 saturated heterocycles. The van der Waals surface area contributed by atoms with E-state index in [0.717, 1.165) is 11.9 Å². The maximum atomic E-state index is 12.7. The number of nitrogens with zero attached hydrogens (tertiary/aromatic N) is 3. The summed E-state index contributed by atoms with van der Waals surface area (Å²) in [4.78, 5) is 19.4. The average Bonchev–Trinajstić information content (AvgIpc) is 2.94. The van der Waals surface area contributed by atoms with Gasteiger partial charge in [-0.3, -0.25) is 9.69 Å². The zero-order chi connectivity index (χ0) is 16.3. The molecule has 1 fully saturated rings. The summed E-state index contributed by atoms with van der Waals surface area (Å²) in [5.41, 5.74) is 5.79. The molecule has 2 N–H and O–H groups in total. The lowest BCUT2D eigenvalue weighted by molar-refractivity contribution is -0.181. The third-order valence-electron chi connectivity index (χ3n) is 3.75. The van der Waals surface area contributed by atoms with E-state index in [9.17, 15) is 18.0 Å². The molecule has 9 heteroatoms. The molecule has 2 heterocycles. The number of hydrogen-bond acceptors (Lipinski definition) is 5. The minimum absolute atomic E-state index is 0.214. The monoisotopic (exact) mass is 336 g/mol. The molecule has 22 heavy (non-hydrogen) atoms. The van der Waals surface area contributed by atoms with Gasteiger partial charge in [-0.1, -0.05) is 0 Å². The van der Waals surface area contributed by atoms with Crippen LogP contribution in [0, 0.1) is 0 Å². The Balaban J connectivity index is 1.92. The van der Waals surface area contributed by atoms with Gasteiger partial charge in [0.15, 0.2) is 0 Å². The molecule has 1 atom stereocenters. The lowest BCUT2D eigenvalue weighted by Gasteiger charge is -2.38. The van der Waals surface area contributed by atoms with Gasteiger partial charge in [0.2, 0.25) is 0 Å². The number of aromatic nitrogens is 1. The Hall–Kier alpha value is -1.19. The van der Waals surface area contributed by atoms with Crippen molar-refractivity contribution in [1.82, 2.24) is 14.8 Å². The van der Waals surface area contributed by atoms with E-state index >= 15 is 0 Å². The first-order valence-electron chi connectivity index (χ1n) is 7.07. The molecule has 5 nitrogen and oxygen atoms in total. The summed E-state index contributed by atoms with van der Waals surface area (Å²) >= 11 is 1.38. The molecule has 1 amide bonds. The minimum atomic E-state index is -4.24. The molecule has 1 aliphatic heterocycles. The van der Waals surface area contributed by atoms with Gasteiger partial charge in [-0.05, 0) is 13.5 Å². The highest BCUT2D eigenvalue weighted by Crippen LogP contribution is 2.25. The first-order valence-corrected chi connectivity index (χ1v) is 7.95. The Morgan fingerprint density at radius 3 is 2.59 bits per heavy atom. The maximum Gasteiger partial charge on any atom is 0.403 e. The van der Waals surface area contributed by atoms with Crippen molar-refractivity contribution in [2.75, 3.05) is 32.7 Å². The van der Waals surface area contributed by atoms with E-state index in [0.29, 0.717) is 18.7 Å². The third-order valence-corrected chi connectivity index (χ3v) is 4.66. The number of thiazole rings is 1. The summed E-state index contributed by atoms with van der Waals surface area (Å²) < 4.78 is 38.1. The van der Waals surface area contributed by atoms with Crippen LogP contribution in [0.25, 0.3) is 0 Å². The molecule has 0 bridgehead atoms. The maximum absolute atomic E-state index is 12.7. The number of hydrogen-bond donors (Lipinski definition) is 1. The number of alkyl halides is 3. The van der Waals surface area contributed by atoms with Gasteiger partial charge in [0.1, 0.15) is 11.7 Å². The fourth-order valence-corrected chi connectivity index (χ4v) is 3.12. The van der Waals surface area contributed by atoms with Crippen molar-refractivity contribution in [3.05, 3.63) is 16.1 Å². The Labute approximate surface area is 130 Å². The molecule has 0 aromatic carbocycles. The van der Waals surface area contributed by atoms with Crippen molar-refractivity contribution in [2.24, 2.45) is 5.73 Å². The van der Waals surface area contributed by atoms with Crippen LogP contribution < -0.4 is 5.73 Å². The number of halogens is 3. The Morgan fingerprint density at radius 1 is 1.41 bits per heavy atom. The molecule has 1 aromatic rings. The summed E-state index contributed by atoms with van der Waals surface area (Å²) in [6.45, 7) is 2.61. The van der Waals surface area contributed by atoms with Crippen LogP contribution in [0.1, 0.15) is 22.4 Å². The van der Waals surface area contributed by atoms with E-state index in [1.54, 1.807) is 10.3 Å². The van der Waals surface area contributed by atoms with Crippen LogP contribution in [0.2, 0.25) is 0 Å². The Morgan fingerprint density at radius 2 is 2.05 bits per heavy atom. The third kappa shape index (κ3) is 3.96. The SMILES string of the molecule is CC(N1CCN(C(=O)c2csc(CCN)n2)CC1)C(F)(F)F. The van der Waals surface area contributed by atoms with Gasteiger partial charge in [-0.15, -0.1) is 11.3 Å². The van der Waals surface area contributed by atoms with E-state index in [-0.39, 0.29) is 32.1 Å². The number of carbonyl (C=O) groups is 1. The highest BCUT2D eigenvalue weighted by Gasteiger charge is 2.41. The standard InChI is InChI=1S/C13H19F3N4OS/c1-9(13(14,15)16)19-4-6-20(7-5-19)12(21)10-8-22-11(18-10)2-3-17/h8-9H,2-7,17H2,1H3. The summed E-state index contributed by atoms with van der Waals surface area (Å²) in [5.74, 6) is -0.223. The number of carbonyl (C=O) groups excluding carboxylic acids is 1. The Bertz CT molecular complexity index is 512. The van der Waals surface area contributed by atoms with Gasteiger partial charge >= 0.3 is 6.18 Å². The normalized spacial score (nSPS) is 18.5. The first-order chi connectivity index (χ1) is 10.3. The predicted molar refractivity (Wildman–Crippen MR) is 77.9 cm³/mol. The van der Waals surface area contributed by atoms with Gasteiger partial charge in [-0.25, -0.2) is 4.98 Å². The van der Waals surface area contributed by atoms with E-state index < -0.39 is 12.2 Å². The van der Waals surface area contributed by atoms with E-state index in [4.69, 9.17) is 5.73 Å². The molecular weight excluding hydrogens is 317 g/mol. The summed E-state index contributed by atoms with van der Waals surface area (Å²) in [6.07, 6.45) is -3.62. The van der Waals surface area contributed by atoms with Crippen LogP contribution in [-0.2, 0) is 6.42 Å². The molecule has 0 aliphatic carbocycles. The minimum Gasteiger partial charge on any atom is -0.335 e. The average molecular weight is 336 g/mol. The number of nitrogens with two attached hydrogens (primary N) is 1. The van der Waals surface area contributed by atoms with Crippen molar-refractivity contribution in [2.45, 2.75) is 25.6 Å². The molecular formula is C13H19F3N4OS. The second-order valence-corrected chi connectivity index (χ2v) is 6.15. The first kappa shape index (κ1) is 17.2. The number of amides is 1. The second-order valence-electron chi connectivity index (χ2n) is 5.21. The summed E-state index contributed by atoms with van der Waals surface area (Å²) in [5, 5.41) is 2.48. The molecule has 1 aliphatic rings. The smallest absolute Gasteiger partial charge is 0.335 e. The zero-order valence-electron chi connectivity index (χ0n) is 12.3. The topological polar surface area (TPSA) is 62.5 Å². The van der Waals surface area contributed by atoms with Gasteiger partial charge in [0.05, 0.1) is 5.01 Å². The van der Waals surface area contributed by atoms with Crippen LogP contribution in [-0.4, -0.2) is 65.6 Å². The van der Waals surface area contributed by atoms with Crippen LogP contribution in [0.3, 0.4) is 0 Å². The number of rotatable bonds is 4. The molecule has 124 valence electrons. The summed E-state index contributed by atoms with van der Waals surface area (Å²) in [6, 6.07) is -1.49. The molecule has 2 rings (SSSR count). The molecule has 1 unspecified atom stereocenters. The van der Waals surface area contributed by atoms with Crippen molar-refractivity contribution in [3.63, 3.8) is 0 Å². The highest BCUT2D eigenvalue weighted by atomic mass is 32.1. The second kappa shape index (κ2) is 6.93. The molecule has 0 saturated carbocycles. The van der Waals surface area contributed by atoms with Crippen LogP contribution in [0.4, 0.5) is 13.2 Å². The lowest BCUT2D eigenvalue weighted by atomic mass is 10.2. The van der Waals surface area contributed by atoms with Crippen LogP contribution >= 0.6 is 11.3 Å². The van der Waals surface area contributed by atoms with Crippen LogP contribution in [0.15, 0.2) is 5.38 Å². The van der Waals surface area contributed by atoms with Gasteiger partial charge in [-0.2, -0.15) is 13.2 Å². The highest BCUT2D eigenvalue weighted by molar-refractivity contribution is 7.09. The van der Waals surface area contributed by atoms with Crippen LogP contribution in [0.5, 0.6) is 0 Å². The Kier molecular flexibility index (Phi) is 5.41.